The lowest BCUT2D eigenvalue weighted by Crippen LogP contribution is -2.31. The zero-order chi connectivity index (χ0) is 44.5. The molecule has 0 bridgehead atoms. The lowest BCUT2D eigenvalue weighted by Gasteiger charge is -2.16. The molecule has 2 heterocycles. The first-order valence-electron chi connectivity index (χ1n) is 19.2. The van der Waals surface area contributed by atoms with Crippen LogP contribution < -0.4 is 20.9 Å². The number of benzene rings is 4. The van der Waals surface area contributed by atoms with Gasteiger partial charge in [0.25, 0.3) is 0 Å². The second-order valence-electron chi connectivity index (χ2n) is 13.4. The van der Waals surface area contributed by atoms with E-state index < -0.39 is 47.2 Å². The zero-order valence-electron chi connectivity index (χ0n) is 34.0. The highest BCUT2D eigenvalue weighted by molar-refractivity contribution is 8.76. The van der Waals surface area contributed by atoms with Crippen LogP contribution in [-0.4, -0.2) is 72.7 Å². The summed E-state index contributed by atoms with van der Waals surface area (Å²) < 4.78 is 21.4. The molecule has 2 amide bonds. The van der Waals surface area contributed by atoms with Gasteiger partial charge >= 0.3 is 11.9 Å². The fraction of sp³-hybridized carbons (Fsp3) is 0.174. The van der Waals surface area contributed by atoms with E-state index in [1.54, 1.807) is 123 Å². The SMILES string of the molecule is CCOC(=O)C(C(N)=O)c1c(-c2ccc(OC)cc2)[nH]c(SSc2[nH]c(-c3ccc(OC)cc3)c(C(C(N)=O)C(=O)OCC)c2C(=O)c2ccccc2)c1C(=O)c1ccccc1. The Morgan fingerprint density at radius 3 is 1.16 bits per heavy atom. The van der Waals surface area contributed by atoms with E-state index in [1.807, 2.05) is 0 Å². The maximum atomic E-state index is 14.8. The zero-order valence-corrected chi connectivity index (χ0v) is 35.6. The predicted molar refractivity (Wildman–Crippen MR) is 234 cm³/mol. The van der Waals surface area contributed by atoms with Crippen LogP contribution in [0.4, 0.5) is 0 Å². The molecule has 318 valence electrons. The number of esters is 2. The van der Waals surface area contributed by atoms with Crippen molar-refractivity contribution in [2.24, 2.45) is 11.5 Å². The van der Waals surface area contributed by atoms with Gasteiger partial charge in [-0.2, -0.15) is 0 Å². The molecule has 0 saturated heterocycles. The van der Waals surface area contributed by atoms with Crippen molar-refractivity contribution in [2.75, 3.05) is 27.4 Å². The van der Waals surface area contributed by atoms with Crippen molar-refractivity contribution >= 4 is 56.9 Å². The second kappa shape index (κ2) is 20.0. The van der Waals surface area contributed by atoms with Crippen molar-refractivity contribution in [1.29, 1.82) is 0 Å². The van der Waals surface area contributed by atoms with Crippen LogP contribution in [0.15, 0.2) is 119 Å². The highest BCUT2D eigenvalue weighted by Crippen LogP contribution is 2.49. The summed E-state index contributed by atoms with van der Waals surface area (Å²) in [5.74, 6) is -7.60. The molecule has 2 aromatic heterocycles. The summed E-state index contributed by atoms with van der Waals surface area (Å²) in [7, 11) is 4.96. The molecule has 0 fully saturated rings. The molecule has 6 N–H and O–H groups in total. The van der Waals surface area contributed by atoms with Gasteiger partial charge in [-0.1, -0.05) is 60.7 Å². The molecule has 0 saturated carbocycles. The fourth-order valence-electron chi connectivity index (χ4n) is 6.86. The van der Waals surface area contributed by atoms with Gasteiger partial charge in [0.15, 0.2) is 23.4 Å². The minimum absolute atomic E-state index is 0.0270. The molecule has 6 rings (SSSR count). The summed E-state index contributed by atoms with van der Waals surface area (Å²) >= 11 is 0. The number of hydrogen-bond acceptors (Lipinski definition) is 12. The number of methoxy groups -OCH3 is 2. The first kappa shape index (κ1) is 44.5. The minimum atomic E-state index is -1.74. The van der Waals surface area contributed by atoms with Crippen LogP contribution in [0.3, 0.4) is 0 Å². The molecule has 62 heavy (non-hydrogen) atoms. The number of hydrogen-bond donors (Lipinski definition) is 4. The van der Waals surface area contributed by atoms with Gasteiger partial charge < -0.3 is 40.4 Å². The molecule has 0 aliphatic heterocycles. The number of H-pyrrole nitrogens is 2. The molecule has 4 aromatic carbocycles. The van der Waals surface area contributed by atoms with Crippen molar-refractivity contribution in [1.82, 2.24) is 9.97 Å². The number of rotatable bonds is 19. The van der Waals surface area contributed by atoms with Gasteiger partial charge in [0.2, 0.25) is 11.8 Å². The maximum Gasteiger partial charge on any atom is 0.323 e. The lowest BCUT2D eigenvalue weighted by molar-refractivity contribution is -0.149. The standard InChI is InChI=1S/C46H42N4O10S2/c1-5-59-45(55)35(41(47)53)31-33(39(51)27-13-9-7-10-14-27)43(49-37(31)25-17-21-29(57-3)22-18-25)61-62-44-34(40(52)28-15-11-8-12-16-28)32(36(42(48)54)46(56)60-6-2)38(50-44)26-19-23-30(58-4)24-20-26/h7-24,35-36,49-50H,5-6H2,1-4H3,(H2,47,53)(H2,48,54). The molecular weight excluding hydrogens is 833 g/mol. The molecule has 14 nitrogen and oxygen atoms in total. The normalized spacial score (nSPS) is 11.9. The smallest absolute Gasteiger partial charge is 0.323 e. The number of ketones is 2. The van der Waals surface area contributed by atoms with Crippen LogP contribution in [0.1, 0.15) is 68.7 Å². The van der Waals surface area contributed by atoms with Crippen molar-refractivity contribution in [3.05, 3.63) is 143 Å². The van der Waals surface area contributed by atoms with E-state index in [1.165, 1.54) is 14.2 Å². The van der Waals surface area contributed by atoms with Gasteiger partial charge in [0, 0.05) is 22.3 Å². The third-order valence-corrected chi connectivity index (χ3v) is 12.0. The largest absolute Gasteiger partial charge is 0.497 e. The Hall–Kier alpha value is -7.04. The fourth-order valence-corrected chi connectivity index (χ4v) is 9.14. The summed E-state index contributed by atoms with van der Waals surface area (Å²) in [5, 5.41) is 0.328. The number of ether oxygens (including phenoxy) is 4. The molecule has 0 aliphatic rings. The van der Waals surface area contributed by atoms with E-state index in [0.717, 1.165) is 21.6 Å². The van der Waals surface area contributed by atoms with Gasteiger partial charge in [-0.25, -0.2) is 0 Å². The Labute approximate surface area is 364 Å². The average molecular weight is 875 g/mol. The molecular formula is C46H42N4O10S2. The van der Waals surface area contributed by atoms with Gasteiger partial charge in [0.05, 0.1) is 60.0 Å². The van der Waals surface area contributed by atoms with Gasteiger partial charge in [0.1, 0.15) is 11.5 Å². The minimum Gasteiger partial charge on any atom is -0.497 e. The molecule has 16 heteroatoms. The Morgan fingerprint density at radius 1 is 0.532 bits per heavy atom. The summed E-state index contributed by atoms with van der Waals surface area (Å²) in [6.07, 6.45) is 0. The highest BCUT2D eigenvalue weighted by Gasteiger charge is 2.40. The van der Waals surface area contributed by atoms with Crippen molar-refractivity contribution in [3.63, 3.8) is 0 Å². The second-order valence-corrected chi connectivity index (χ2v) is 15.6. The first-order chi connectivity index (χ1) is 29.9. The van der Waals surface area contributed by atoms with E-state index in [4.69, 9.17) is 30.4 Å². The molecule has 2 atom stereocenters. The van der Waals surface area contributed by atoms with Gasteiger partial charge in [-0.3, -0.25) is 28.8 Å². The highest BCUT2D eigenvalue weighted by atomic mass is 33.1. The Balaban J connectivity index is 1.64. The summed E-state index contributed by atoms with van der Waals surface area (Å²) in [6.45, 7) is 3.00. The molecule has 0 aliphatic carbocycles. The van der Waals surface area contributed by atoms with Crippen molar-refractivity contribution < 1.29 is 47.7 Å². The summed E-state index contributed by atoms with van der Waals surface area (Å²) in [6, 6.07) is 29.9. The number of nitrogens with two attached hydrogens (primary N) is 2. The Kier molecular flexibility index (Phi) is 14.4. The van der Waals surface area contributed by atoms with E-state index in [2.05, 4.69) is 9.97 Å². The molecule has 0 spiro atoms. The number of primary amides is 2. The van der Waals surface area contributed by atoms with E-state index in [9.17, 15) is 28.8 Å². The van der Waals surface area contributed by atoms with Crippen molar-refractivity contribution in [3.8, 4) is 34.0 Å². The van der Waals surface area contributed by atoms with Crippen molar-refractivity contribution in [2.45, 2.75) is 35.7 Å². The third-order valence-electron chi connectivity index (χ3n) is 9.69. The van der Waals surface area contributed by atoms with Crippen LogP contribution in [-0.2, 0) is 28.7 Å². The van der Waals surface area contributed by atoms with Crippen LogP contribution in [0, 0.1) is 0 Å². The lowest BCUT2D eigenvalue weighted by atomic mass is 9.89. The van der Waals surface area contributed by atoms with Crippen LogP contribution in [0.2, 0.25) is 0 Å². The van der Waals surface area contributed by atoms with Crippen LogP contribution >= 0.6 is 21.6 Å². The number of carbonyl (C=O) groups excluding carboxylic acids is 6. The van der Waals surface area contributed by atoms with Crippen LogP contribution in [0.25, 0.3) is 22.5 Å². The Morgan fingerprint density at radius 2 is 0.871 bits per heavy atom. The average Bonchev–Trinajstić information content (AvgIpc) is 3.84. The predicted octanol–water partition coefficient (Wildman–Crippen LogP) is 7.22. The third kappa shape index (κ3) is 9.31. The topological polar surface area (TPSA) is 223 Å². The number of carbonyl (C=O) groups is 6. The van der Waals surface area contributed by atoms with E-state index >= 15 is 0 Å². The summed E-state index contributed by atoms with van der Waals surface area (Å²) in [4.78, 5) is 90.1. The van der Waals surface area contributed by atoms with E-state index in [-0.39, 0.29) is 68.0 Å². The quantitative estimate of drug-likeness (QED) is 0.0274. The first-order valence-corrected chi connectivity index (χ1v) is 21.3. The number of aromatic nitrogens is 2. The summed E-state index contributed by atoms with van der Waals surface area (Å²) in [5.41, 5.74) is 13.6. The van der Waals surface area contributed by atoms with Gasteiger partial charge in [-0.05, 0) is 95.1 Å². The number of aromatic amines is 2. The number of amides is 2. The molecule has 0 radical (unpaired) electrons. The Bertz CT molecular complexity index is 2430. The monoisotopic (exact) mass is 874 g/mol. The molecule has 2 unspecified atom stereocenters. The molecule has 6 aromatic rings. The van der Waals surface area contributed by atoms with Crippen LogP contribution in [0.5, 0.6) is 11.5 Å². The maximum absolute atomic E-state index is 14.8. The number of nitrogens with one attached hydrogen (secondary N) is 2. The van der Waals surface area contributed by atoms with Gasteiger partial charge in [-0.15, -0.1) is 0 Å². The van der Waals surface area contributed by atoms with E-state index in [0.29, 0.717) is 22.6 Å².